The third-order valence-electron chi connectivity index (χ3n) is 10.1. The summed E-state index contributed by atoms with van der Waals surface area (Å²) in [4.78, 5) is 38.0. The van der Waals surface area contributed by atoms with Gasteiger partial charge in [-0.1, -0.05) is 215 Å². The molecule has 0 N–H and O–H groups in total. The van der Waals surface area contributed by atoms with Crippen LogP contribution in [0.25, 0.3) is 0 Å². The van der Waals surface area contributed by atoms with Gasteiger partial charge in [0.25, 0.3) is 0 Å². The maximum atomic E-state index is 12.8. The maximum absolute atomic E-state index is 12.8. The zero-order valence-corrected chi connectivity index (χ0v) is 44.4. The fourth-order valence-corrected chi connectivity index (χ4v) is 6.19. The Labute approximate surface area is 433 Å². The molecule has 0 saturated carbocycles. The summed E-state index contributed by atoms with van der Waals surface area (Å²) in [6, 6.07) is 0. The molecule has 0 heterocycles. The Morgan fingerprint density at radius 1 is 0.282 bits per heavy atom. The van der Waals surface area contributed by atoms with Gasteiger partial charge < -0.3 is 14.2 Å². The Morgan fingerprint density at radius 2 is 0.521 bits per heavy atom. The van der Waals surface area contributed by atoms with Crippen molar-refractivity contribution in [1.82, 2.24) is 0 Å². The number of esters is 3. The van der Waals surface area contributed by atoms with Crippen molar-refractivity contribution >= 4 is 17.9 Å². The number of hydrogen-bond acceptors (Lipinski definition) is 6. The molecule has 0 aromatic rings. The van der Waals surface area contributed by atoms with Gasteiger partial charge in [-0.15, -0.1) is 0 Å². The predicted octanol–water partition coefficient (Wildman–Crippen LogP) is 18.3. The molecule has 0 radical (unpaired) electrons. The molecule has 0 aromatic carbocycles. The minimum atomic E-state index is -0.879. The van der Waals surface area contributed by atoms with Gasteiger partial charge in [-0.25, -0.2) is 0 Å². The largest absolute Gasteiger partial charge is 0.462 e. The first-order chi connectivity index (χ1) is 35.0. The second kappa shape index (κ2) is 56.8. The van der Waals surface area contributed by atoms with E-state index in [4.69, 9.17) is 14.2 Å². The zero-order chi connectivity index (χ0) is 51.4. The van der Waals surface area contributed by atoms with E-state index in [1.165, 1.54) is 0 Å². The van der Waals surface area contributed by atoms with Crippen LogP contribution in [0.15, 0.2) is 194 Å². The maximum Gasteiger partial charge on any atom is 0.306 e. The highest BCUT2D eigenvalue weighted by molar-refractivity contribution is 5.71. The van der Waals surface area contributed by atoms with Crippen molar-refractivity contribution in [2.24, 2.45) is 0 Å². The first kappa shape index (κ1) is 65.2. The highest BCUT2D eigenvalue weighted by Crippen LogP contribution is 2.08. The summed E-state index contributed by atoms with van der Waals surface area (Å²) in [6.45, 7) is 6.09. The van der Waals surface area contributed by atoms with Crippen LogP contribution >= 0.6 is 0 Å². The standard InChI is InChI=1S/C65H94O6/c1-4-7-10-13-16-19-22-25-28-30-32-34-37-40-43-46-49-52-55-58-64(67)70-61-62(60-69-63(66)57-54-51-48-45-42-39-36-27-24-21-18-15-12-9-6-3)71-65(68)59-56-53-50-47-44-41-38-35-33-31-29-26-23-20-17-14-11-8-5-2/h7-12,16-21,25-29,32-36,40-45,49-50,52-53,62H,4-6,13-15,22-24,30-31,37-39,46-48,51,54-61H2,1-3H3/b10-7-,11-8-,12-9-,19-16-,20-17-,21-18-,28-25-,29-26-,34-32-,35-33-,36-27-,43-40-,44-41-,45-42-,52-49-,53-50-. The van der Waals surface area contributed by atoms with E-state index in [2.05, 4.69) is 191 Å². The number of carbonyl (C=O) groups excluding carboxylic acids is 3. The summed E-state index contributed by atoms with van der Waals surface area (Å²) in [5.41, 5.74) is 0. The molecule has 0 aliphatic carbocycles. The minimum absolute atomic E-state index is 0.165. The molecule has 6 heteroatoms. The Balaban J connectivity index is 4.73. The topological polar surface area (TPSA) is 78.9 Å². The van der Waals surface area contributed by atoms with E-state index in [1.54, 1.807) is 0 Å². The van der Waals surface area contributed by atoms with Crippen LogP contribution in [0.4, 0.5) is 0 Å². The molecular weight excluding hydrogens is 877 g/mol. The van der Waals surface area contributed by atoms with Crippen molar-refractivity contribution in [3.05, 3.63) is 194 Å². The van der Waals surface area contributed by atoms with E-state index in [-0.39, 0.29) is 38.4 Å². The van der Waals surface area contributed by atoms with Gasteiger partial charge in [0.15, 0.2) is 6.10 Å². The molecule has 1 atom stereocenters. The Kier molecular flexibility index (Phi) is 52.2. The van der Waals surface area contributed by atoms with Crippen molar-refractivity contribution in [3.63, 3.8) is 0 Å². The lowest BCUT2D eigenvalue weighted by Gasteiger charge is -2.18. The van der Waals surface area contributed by atoms with Crippen molar-refractivity contribution in [2.75, 3.05) is 13.2 Å². The SMILES string of the molecule is CC/C=C\C/C=C\C/C=C\C/C=C\C/C=C\C/C=C\CCC(=O)OCC(COC(=O)CCCC/C=C\C/C=C\C/C=C\C/C=C\CC)OC(=O)CC/C=C\C/C=C\C/C=C\C/C=C\C/C=C\C/C=C\CC. The molecular formula is C65H94O6. The molecule has 0 amide bonds. The molecule has 6 nitrogen and oxygen atoms in total. The number of carbonyl (C=O) groups is 3. The monoisotopic (exact) mass is 971 g/mol. The lowest BCUT2D eigenvalue weighted by atomic mass is 10.2. The fraction of sp³-hybridized carbons (Fsp3) is 0.462. The van der Waals surface area contributed by atoms with Crippen LogP contribution in [0.5, 0.6) is 0 Å². The number of hydrogen-bond donors (Lipinski definition) is 0. The second-order valence-corrected chi connectivity index (χ2v) is 16.6. The average molecular weight is 971 g/mol. The van der Waals surface area contributed by atoms with Crippen molar-refractivity contribution in [3.8, 4) is 0 Å². The molecule has 0 spiro atoms. The van der Waals surface area contributed by atoms with Gasteiger partial charge in [0.2, 0.25) is 0 Å². The normalized spacial score (nSPS) is 13.7. The van der Waals surface area contributed by atoms with Crippen LogP contribution < -0.4 is 0 Å². The zero-order valence-electron chi connectivity index (χ0n) is 44.4. The lowest BCUT2D eigenvalue weighted by molar-refractivity contribution is -0.166. The molecule has 0 aromatic heterocycles. The van der Waals surface area contributed by atoms with Crippen molar-refractivity contribution in [1.29, 1.82) is 0 Å². The van der Waals surface area contributed by atoms with Crippen molar-refractivity contribution in [2.45, 2.75) is 181 Å². The third-order valence-corrected chi connectivity index (χ3v) is 10.1. The van der Waals surface area contributed by atoms with Crippen molar-refractivity contribution < 1.29 is 28.6 Å². The summed E-state index contributed by atoms with van der Waals surface area (Å²) in [5, 5.41) is 0. The summed E-state index contributed by atoms with van der Waals surface area (Å²) in [6.07, 6.45) is 87.3. The van der Waals surface area contributed by atoms with E-state index >= 15 is 0 Å². The molecule has 0 aliphatic heterocycles. The first-order valence-corrected chi connectivity index (χ1v) is 26.9. The number of unbranched alkanes of at least 4 members (excludes halogenated alkanes) is 2. The van der Waals surface area contributed by atoms with Crippen LogP contribution in [0, 0.1) is 0 Å². The summed E-state index contributed by atoms with van der Waals surface area (Å²) < 4.78 is 16.6. The Bertz CT molecular complexity index is 1780. The molecule has 0 bridgehead atoms. The van der Waals surface area contributed by atoms with Gasteiger partial charge in [-0.3, -0.25) is 14.4 Å². The number of ether oxygens (including phenoxy) is 3. The summed E-state index contributed by atoms with van der Waals surface area (Å²) in [5.74, 6) is -1.19. The molecule has 0 saturated heterocycles. The van der Waals surface area contributed by atoms with Gasteiger partial charge in [0.05, 0.1) is 0 Å². The van der Waals surface area contributed by atoms with Gasteiger partial charge in [0.1, 0.15) is 13.2 Å². The smallest absolute Gasteiger partial charge is 0.306 e. The first-order valence-electron chi connectivity index (χ1n) is 26.9. The van der Waals surface area contributed by atoms with Crippen LogP contribution in [0.2, 0.25) is 0 Å². The molecule has 1 unspecified atom stereocenters. The molecule has 71 heavy (non-hydrogen) atoms. The third kappa shape index (κ3) is 55.1. The summed E-state index contributed by atoms with van der Waals surface area (Å²) in [7, 11) is 0. The van der Waals surface area contributed by atoms with E-state index < -0.39 is 18.0 Å². The van der Waals surface area contributed by atoms with Crippen LogP contribution in [0.1, 0.15) is 175 Å². The van der Waals surface area contributed by atoms with E-state index in [0.29, 0.717) is 19.3 Å². The lowest BCUT2D eigenvalue weighted by Crippen LogP contribution is -2.30. The summed E-state index contributed by atoms with van der Waals surface area (Å²) >= 11 is 0. The second-order valence-electron chi connectivity index (χ2n) is 16.6. The molecule has 0 rings (SSSR count). The fourth-order valence-electron chi connectivity index (χ4n) is 6.19. The highest BCUT2D eigenvalue weighted by atomic mass is 16.6. The van der Waals surface area contributed by atoms with Crippen LogP contribution in [-0.4, -0.2) is 37.2 Å². The van der Waals surface area contributed by atoms with Gasteiger partial charge >= 0.3 is 17.9 Å². The van der Waals surface area contributed by atoms with Crippen LogP contribution in [-0.2, 0) is 28.6 Å². The molecule has 0 aliphatic rings. The average Bonchev–Trinajstić information content (AvgIpc) is 3.37. The predicted molar refractivity (Wildman–Crippen MR) is 306 cm³/mol. The quantitative estimate of drug-likeness (QED) is 0.0262. The Morgan fingerprint density at radius 3 is 0.817 bits per heavy atom. The molecule has 0 fully saturated rings. The van der Waals surface area contributed by atoms with Gasteiger partial charge in [-0.05, 0) is 135 Å². The highest BCUT2D eigenvalue weighted by Gasteiger charge is 2.19. The number of allylic oxidation sites excluding steroid dienone is 32. The molecule has 390 valence electrons. The van der Waals surface area contributed by atoms with Crippen LogP contribution in [0.3, 0.4) is 0 Å². The Hall–Kier alpha value is -5.75. The number of rotatable bonds is 45. The van der Waals surface area contributed by atoms with E-state index in [1.807, 2.05) is 24.3 Å². The van der Waals surface area contributed by atoms with E-state index in [0.717, 1.165) is 116 Å². The minimum Gasteiger partial charge on any atom is -0.462 e. The van der Waals surface area contributed by atoms with Gasteiger partial charge in [-0.2, -0.15) is 0 Å². The van der Waals surface area contributed by atoms with Gasteiger partial charge in [0, 0.05) is 19.3 Å². The van der Waals surface area contributed by atoms with E-state index in [9.17, 15) is 14.4 Å².